The molecule has 0 spiro atoms. The monoisotopic (exact) mass is 387 g/mol. The van der Waals surface area contributed by atoms with Crippen LogP contribution in [0.2, 0.25) is 0 Å². The number of carbonyl (C=O) groups excluding carboxylic acids is 1. The minimum Gasteiger partial charge on any atom is -0.457 e. The molecule has 0 aliphatic carbocycles. The van der Waals surface area contributed by atoms with Crippen LogP contribution in [-0.2, 0) is 0 Å². The van der Waals surface area contributed by atoms with Crippen molar-refractivity contribution in [2.75, 3.05) is 0 Å². The first-order valence-electron chi connectivity index (χ1n) is 9.00. The van der Waals surface area contributed by atoms with E-state index in [1.807, 2.05) is 30.3 Å². The second kappa shape index (κ2) is 6.60. The first kappa shape index (κ1) is 17.2. The highest BCUT2D eigenvalue weighted by atomic mass is 19.1. The van der Waals surface area contributed by atoms with E-state index in [-0.39, 0.29) is 22.3 Å². The van der Waals surface area contributed by atoms with Crippen LogP contribution < -0.4 is 15.5 Å². The van der Waals surface area contributed by atoms with Gasteiger partial charge in [-0.1, -0.05) is 30.3 Å². The van der Waals surface area contributed by atoms with Gasteiger partial charge in [0.2, 0.25) is 5.76 Å². The zero-order valence-corrected chi connectivity index (χ0v) is 15.0. The van der Waals surface area contributed by atoms with E-state index in [1.165, 1.54) is 12.1 Å². The third-order valence-corrected chi connectivity index (χ3v) is 4.83. The fourth-order valence-corrected chi connectivity index (χ4v) is 3.51. The lowest BCUT2D eigenvalue weighted by molar-refractivity contribution is 0.0938. The van der Waals surface area contributed by atoms with Crippen LogP contribution >= 0.6 is 0 Å². The van der Waals surface area contributed by atoms with Crippen LogP contribution in [0, 0.1) is 5.82 Å². The first-order valence-corrected chi connectivity index (χ1v) is 9.00. The molecule has 6 heteroatoms. The normalized spacial score (nSPS) is 15.2. The van der Waals surface area contributed by atoms with Gasteiger partial charge in [-0.05, 0) is 48.0 Å². The maximum Gasteiger partial charge on any atom is 0.288 e. The second-order valence-corrected chi connectivity index (χ2v) is 6.71. The van der Waals surface area contributed by atoms with Crippen LogP contribution in [-0.4, -0.2) is 5.91 Å². The minimum absolute atomic E-state index is 0.0477. The van der Waals surface area contributed by atoms with Crippen LogP contribution in [0.4, 0.5) is 4.39 Å². The molecule has 3 aromatic carbocycles. The summed E-state index contributed by atoms with van der Waals surface area (Å²) in [4.78, 5) is 25.5. The molecule has 0 saturated carbocycles. The summed E-state index contributed by atoms with van der Waals surface area (Å²) in [7, 11) is 0. The molecule has 1 aromatic heterocycles. The van der Waals surface area contributed by atoms with Gasteiger partial charge < -0.3 is 14.5 Å². The van der Waals surface area contributed by atoms with Crippen molar-refractivity contribution in [2.45, 2.75) is 6.04 Å². The molecule has 0 bridgehead atoms. The molecule has 4 aromatic rings. The highest BCUT2D eigenvalue weighted by Crippen LogP contribution is 2.33. The topological polar surface area (TPSA) is 68.5 Å². The van der Waals surface area contributed by atoms with E-state index in [9.17, 15) is 14.0 Å². The third-order valence-electron chi connectivity index (χ3n) is 4.83. The predicted octanol–water partition coefficient (Wildman–Crippen LogP) is 4.56. The summed E-state index contributed by atoms with van der Waals surface area (Å²) >= 11 is 0. The number of nitrogens with one attached hydrogen (secondary N) is 1. The Kier molecular flexibility index (Phi) is 3.91. The average Bonchev–Trinajstić information content (AvgIpc) is 3.06. The van der Waals surface area contributed by atoms with Crippen molar-refractivity contribution in [1.29, 1.82) is 0 Å². The fourth-order valence-electron chi connectivity index (χ4n) is 3.51. The summed E-state index contributed by atoms with van der Waals surface area (Å²) < 4.78 is 25.1. The number of rotatable bonds is 3. The maximum atomic E-state index is 13.6. The minimum atomic E-state index is -0.708. The quantitative estimate of drug-likeness (QED) is 0.560. The number of hydrogen-bond acceptors (Lipinski definition) is 4. The molecular weight excluding hydrogens is 373 g/mol. The molecule has 1 N–H and O–H groups in total. The molecule has 1 amide bonds. The summed E-state index contributed by atoms with van der Waals surface area (Å²) in [5.41, 5.74) is 0.573. The van der Waals surface area contributed by atoms with Crippen molar-refractivity contribution >= 4 is 16.9 Å². The molecule has 29 heavy (non-hydrogen) atoms. The van der Waals surface area contributed by atoms with Crippen LogP contribution in [0.25, 0.3) is 11.0 Å². The zero-order valence-electron chi connectivity index (χ0n) is 15.0. The Hall–Kier alpha value is -3.93. The molecule has 5 nitrogen and oxygen atoms in total. The standard InChI is InChI=1S/C23H14FNO4/c24-14-9-10-18-17(12-14)21(26)19-20(25-23(27)22(19)29-18)13-5-4-8-16(11-13)28-15-6-2-1-3-7-15/h1-12,20H,(H,25,27). The Morgan fingerprint density at radius 3 is 2.52 bits per heavy atom. The highest BCUT2D eigenvalue weighted by Gasteiger charge is 2.36. The van der Waals surface area contributed by atoms with Crippen LogP contribution in [0.1, 0.15) is 27.7 Å². The molecule has 142 valence electrons. The molecule has 5 rings (SSSR count). The van der Waals surface area contributed by atoms with Gasteiger partial charge in [-0.2, -0.15) is 0 Å². The van der Waals surface area contributed by atoms with Gasteiger partial charge in [0.05, 0.1) is 17.0 Å². The number of benzene rings is 3. The summed E-state index contributed by atoms with van der Waals surface area (Å²) in [6.07, 6.45) is 0. The van der Waals surface area contributed by atoms with Crippen molar-refractivity contribution in [3.63, 3.8) is 0 Å². The Labute approximate surface area is 164 Å². The van der Waals surface area contributed by atoms with Crippen LogP contribution in [0.3, 0.4) is 0 Å². The number of fused-ring (bicyclic) bond motifs is 2. The van der Waals surface area contributed by atoms with Gasteiger partial charge >= 0.3 is 0 Å². The Morgan fingerprint density at radius 2 is 1.69 bits per heavy atom. The number of hydrogen-bond donors (Lipinski definition) is 1. The molecular formula is C23H14FNO4. The molecule has 0 radical (unpaired) electrons. The Balaban J connectivity index is 1.60. The Morgan fingerprint density at radius 1 is 0.897 bits per heavy atom. The molecule has 1 aliphatic rings. The van der Waals surface area contributed by atoms with Crippen molar-refractivity contribution in [1.82, 2.24) is 5.32 Å². The van der Waals surface area contributed by atoms with E-state index in [1.54, 1.807) is 24.3 Å². The van der Waals surface area contributed by atoms with Crippen molar-refractivity contribution in [3.8, 4) is 11.5 Å². The van der Waals surface area contributed by atoms with Crippen LogP contribution in [0.5, 0.6) is 11.5 Å². The van der Waals surface area contributed by atoms with E-state index in [0.717, 1.165) is 6.07 Å². The lowest BCUT2D eigenvalue weighted by atomic mass is 9.99. The molecule has 0 fully saturated rings. The Bertz CT molecular complexity index is 1310. The van der Waals surface area contributed by atoms with E-state index in [2.05, 4.69) is 5.32 Å². The summed E-state index contributed by atoms with van der Waals surface area (Å²) in [5, 5.41) is 2.87. The second-order valence-electron chi connectivity index (χ2n) is 6.71. The fraction of sp³-hybridized carbons (Fsp3) is 0.0435. The molecule has 2 heterocycles. The summed E-state index contributed by atoms with van der Waals surface area (Å²) in [5.74, 6) is 0.155. The molecule has 1 atom stereocenters. The van der Waals surface area contributed by atoms with Gasteiger partial charge in [0, 0.05) is 0 Å². The number of amides is 1. The van der Waals surface area contributed by atoms with Gasteiger partial charge in [0.15, 0.2) is 5.43 Å². The van der Waals surface area contributed by atoms with Gasteiger partial charge in [0.1, 0.15) is 22.9 Å². The number of para-hydroxylation sites is 1. The van der Waals surface area contributed by atoms with Crippen molar-refractivity contribution < 1.29 is 18.3 Å². The van der Waals surface area contributed by atoms with Gasteiger partial charge in [0.25, 0.3) is 5.91 Å². The highest BCUT2D eigenvalue weighted by molar-refractivity contribution is 5.98. The number of halogens is 1. The lowest BCUT2D eigenvalue weighted by Crippen LogP contribution is -2.21. The zero-order chi connectivity index (χ0) is 20.0. The van der Waals surface area contributed by atoms with E-state index < -0.39 is 23.2 Å². The third kappa shape index (κ3) is 2.95. The summed E-state index contributed by atoms with van der Waals surface area (Å²) in [6.45, 7) is 0. The smallest absolute Gasteiger partial charge is 0.288 e. The van der Waals surface area contributed by atoms with E-state index in [4.69, 9.17) is 9.15 Å². The van der Waals surface area contributed by atoms with E-state index in [0.29, 0.717) is 17.1 Å². The van der Waals surface area contributed by atoms with Gasteiger partial charge in [-0.25, -0.2) is 4.39 Å². The number of carbonyl (C=O) groups is 1. The van der Waals surface area contributed by atoms with Crippen LogP contribution in [0.15, 0.2) is 82.0 Å². The SMILES string of the molecule is O=C1NC(c2cccc(Oc3ccccc3)c2)c2c1oc1ccc(F)cc1c2=O. The lowest BCUT2D eigenvalue weighted by Gasteiger charge is -2.13. The van der Waals surface area contributed by atoms with Crippen molar-refractivity contribution in [2.24, 2.45) is 0 Å². The molecule has 0 saturated heterocycles. The average molecular weight is 387 g/mol. The maximum absolute atomic E-state index is 13.6. The summed E-state index contributed by atoms with van der Waals surface area (Å²) in [6, 6.07) is 19.3. The van der Waals surface area contributed by atoms with Gasteiger partial charge in [-0.3, -0.25) is 9.59 Å². The first-order chi connectivity index (χ1) is 14.1. The molecule has 1 unspecified atom stereocenters. The number of ether oxygens (including phenoxy) is 1. The van der Waals surface area contributed by atoms with Gasteiger partial charge in [-0.15, -0.1) is 0 Å². The largest absolute Gasteiger partial charge is 0.457 e. The molecule has 1 aliphatic heterocycles. The predicted molar refractivity (Wildman–Crippen MR) is 105 cm³/mol. The van der Waals surface area contributed by atoms with Crippen molar-refractivity contribution in [3.05, 3.63) is 106 Å². The van der Waals surface area contributed by atoms with E-state index >= 15 is 0 Å².